The molecule has 0 unspecified atom stereocenters. The Morgan fingerprint density at radius 1 is 1.27 bits per heavy atom. The van der Waals surface area contributed by atoms with Gasteiger partial charge in [0.05, 0.1) is 11.4 Å². The van der Waals surface area contributed by atoms with Crippen molar-refractivity contribution in [2.24, 2.45) is 0 Å². The second kappa shape index (κ2) is 6.42. The second-order valence-electron chi connectivity index (χ2n) is 6.92. The van der Waals surface area contributed by atoms with Crippen molar-refractivity contribution in [1.29, 1.82) is 0 Å². The summed E-state index contributed by atoms with van der Waals surface area (Å²) in [6.45, 7) is 8.67. The molecule has 122 valence electrons. The van der Waals surface area contributed by atoms with Crippen molar-refractivity contribution in [1.82, 2.24) is 14.8 Å². The molecule has 0 bridgehead atoms. The summed E-state index contributed by atoms with van der Waals surface area (Å²) in [7, 11) is 2.13. The Labute approximate surface area is 133 Å². The van der Waals surface area contributed by atoms with Gasteiger partial charge in [-0.25, -0.2) is 4.98 Å². The van der Waals surface area contributed by atoms with E-state index in [-0.39, 0.29) is 6.10 Å². The highest BCUT2D eigenvalue weighted by molar-refractivity contribution is 5.52. The maximum atomic E-state index is 6.17. The highest BCUT2D eigenvalue weighted by Crippen LogP contribution is 2.28. The van der Waals surface area contributed by atoms with E-state index in [1.54, 1.807) is 0 Å². The van der Waals surface area contributed by atoms with Crippen molar-refractivity contribution in [3.05, 3.63) is 17.3 Å². The number of hydrogen-bond acceptors (Lipinski definition) is 5. The molecule has 0 spiro atoms. The first-order valence-corrected chi connectivity index (χ1v) is 8.40. The normalized spacial score (nSPS) is 21.1. The standard InChI is InChI=1S/C17H28N4O/c1-12(2)21-8-4-14(5-9-21)22-17-15(18)10-13-11-20(3)7-6-16(13)19-17/h10,12,14H,4-9,11,18H2,1-3H3. The van der Waals surface area contributed by atoms with E-state index in [0.29, 0.717) is 17.6 Å². The number of likely N-dealkylation sites (N-methyl/N-ethyl adjacent to an activating group) is 1. The number of nitrogens with zero attached hydrogens (tertiary/aromatic N) is 3. The summed E-state index contributed by atoms with van der Waals surface area (Å²) in [4.78, 5) is 9.50. The summed E-state index contributed by atoms with van der Waals surface area (Å²) in [5.74, 6) is 0.645. The number of piperidine rings is 1. The highest BCUT2D eigenvalue weighted by Gasteiger charge is 2.24. The van der Waals surface area contributed by atoms with Gasteiger partial charge in [-0.05, 0) is 45.4 Å². The lowest BCUT2D eigenvalue weighted by atomic mass is 10.1. The lowest BCUT2D eigenvalue weighted by molar-refractivity contribution is 0.0815. The van der Waals surface area contributed by atoms with E-state index < -0.39 is 0 Å². The molecule has 0 radical (unpaired) electrons. The van der Waals surface area contributed by atoms with E-state index in [1.165, 1.54) is 5.56 Å². The van der Waals surface area contributed by atoms with Crippen LogP contribution in [0.15, 0.2) is 6.07 Å². The fraction of sp³-hybridized carbons (Fsp3) is 0.706. The number of hydrogen-bond donors (Lipinski definition) is 1. The maximum absolute atomic E-state index is 6.17. The third-order valence-corrected chi connectivity index (χ3v) is 4.84. The van der Waals surface area contributed by atoms with Gasteiger partial charge in [-0.3, -0.25) is 0 Å². The zero-order chi connectivity index (χ0) is 15.7. The SMILES string of the molecule is CC(C)N1CCC(Oc2nc3c(cc2N)CN(C)CC3)CC1. The summed E-state index contributed by atoms with van der Waals surface area (Å²) < 4.78 is 6.13. The molecule has 22 heavy (non-hydrogen) atoms. The number of fused-ring (bicyclic) bond motifs is 1. The van der Waals surface area contributed by atoms with Crippen LogP contribution >= 0.6 is 0 Å². The van der Waals surface area contributed by atoms with Gasteiger partial charge in [-0.1, -0.05) is 0 Å². The third kappa shape index (κ3) is 3.36. The minimum Gasteiger partial charge on any atom is -0.473 e. The summed E-state index contributed by atoms with van der Waals surface area (Å²) in [6.07, 6.45) is 3.33. The minimum atomic E-state index is 0.245. The van der Waals surface area contributed by atoms with Gasteiger partial charge in [0, 0.05) is 38.6 Å². The van der Waals surface area contributed by atoms with Gasteiger partial charge >= 0.3 is 0 Å². The Kier molecular flexibility index (Phi) is 4.54. The fourth-order valence-electron chi connectivity index (χ4n) is 3.37. The summed E-state index contributed by atoms with van der Waals surface area (Å²) in [6, 6.07) is 2.67. The Bertz CT molecular complexity index is 524. The smallest absolute Gasteiger partial charge is 0.237 e. The average Bonchev–Trinajstić information content (AvgIpc) is 2.49. The Morgan fingerprint density at radius 2 is 2.00 bits per heavy atom. The molecule has 0 atom stereocenters. The molecule has 1 fully saturated rings. The monoisotopic (exact) mass is 304 g/mol. The molecule has 0 aromatic carbocycles. The Morgan fingerprint density at radius 3 is 2.68 bits per heavy atom. The number of nitrogen functional groups attached to an aromatic ring is 1. The van der Waals surface area contributed by atoms with Crippen molar-refractivity contribution in [2.75, 3.05) is 32.4 Å². The molecule has 1 aromatic heterocycles. The van der Waals surface area contributed by atoms with Gasteiger partial charge in [0.25, 0.3) is 0 Å². The van der Waals surface area contributed by atoms with E-state index in [9.17, 15) is 0 Å². The van der Waals surface area contributed by atoms with Crippen LogP contribution in [0.2, 0.25) is 0 Å². The van der Waals surface area contributed by atoms with Crippen LogP contribution in [-0.4, -0.2) is 53.6 Å². The topological polar surface area (TPSA) is 54.6 Å². The van der Waals surface area contributed by atoms with Gasteiger partial charge in [0.1, 0.15) is 6.10 Å². The molecule has 3 heterocycles. The molecule has 5 nitrogen and oxygen atoms in total. The molecule has 0 saturated carbocycles. The lowest BCUT2D eigenvalue weighted by Gasteiger charge is -2.34. The first-order valence-electron chi connectivity index (χ1n) is 8.40. The van der Waals surface area contributed by atoms with Crippen molar-refractivity contribution in [3.63, 3.8) is 0 Å². The molecular weight excluding hydrogens is 276 g/mol. The van der Waals surface area contributed by atoms with Gasteiger partial charge in [-0.15, -0.1) is 0 Å². The van der Waals surface area contributed by atoms with Crippen LogP contribution in [-0.2, 0) is 13.0 Å². The van der Waals surface area contributed by atoms with Crippen LogP contribution in [0.4, 0.5) is 5.69 Å². The molecule has 3 rings (SSSR count). The van der Waals surface area contributed by atoms with E-state index >= 15 is 0 Å². The molecule has 5 heteroatoms. The summed E-state index contributed by atoms with van der Waals surface area (Å²) >= 11 is 0. The van der Waals surface area contributed by atoms with Crippen LogP contribution in [0.1, 0.15) is 37.9 Å². The Hall–Kier alpha value is -1.33. The van der Waals surface area contributed by atoms with Gasteiger partial charge in [-0.2, -0.15) is 0 Å². The van der Waals surface area contributed by atoms with Crippen LogP contribution in [0.5, 0.6) is 5.88 Å². The van der Waals surface area contributed by atoms with Crippen molar-refractivity contribution < 1.29 is 4.74 Å². The number of aromatic nitrogens is 1. The quantitative estimate of drug-likeness (QED) is 0.924. The van der Waals surface area contributed by atoms with E-state index in [4.69, 9.17) is 15.5 Å². The fourth-order valence-corrected chi connectivity index (χ4v) is 3.37. The number of rotatable bonds is 3. The van der Waals surface area contributed by atoms with Gasteiger partial charge < -0.3 is 20.3 Å². The summed E-state index contributed by atoms with van der Waals surface area (Å²) in [5, 5.41) is 0. The Balaban J connectivity index is 1.66. The second-order valence-corrected chi connectivity index (χ2v) is 6.92. The van der Waals surface area contributed by atoms with Crippen LogP contribution in [0.25, 0.3) is 0 Å². The van der Waals surface area contributed by atoms with Crippen LogP contribution in [0.3, 0.4) is 0 Å². The van der Waals surface area contributed by atoms with Crippen LogP contribution in [0, 0.1) is 0 Å². The van der Waals surface area contributed by atoms with Crippen LogP contribution < -0.4 is 10.5 Å². The molecule has 2 aliphatic heterocycles. The number of pyridine rings is 1. The minimum absolute atomic E-state index is 0.245. The number of ether oxygens (including phenoxy) is 1. The number of nitrogens with two attached hydrogens (primary N) is 1. The summed E-state index contributed by atoms with van der Waals surface area (Å²) in [5.41, 5.74) is 9.25. The van der Waals surface area contributed by atoms with E-state index in [1.807, 2.05) is 0 Å². The lowest BCUT2D eigenvalue weighted by Crippen LogP contribution is -2.42. The zero-order valence-corrected chi connectivity index (χ0v) is 14.0. The van der Waals surface area contributed by atoms with E-state index in [2.05, 4.69) is 36.8 Å². The van der Waals surface area contributed by atoms with E-state index in [0.717, 1.165) is 51.1 Å². The zero-order valence-electron chi connectivity index (χ0n) is 14.0. The van der Waals surface area contributed by atoms with Crippen molar-refractivity contribution in [2.45, 2.75) is 51.8 Å². The largest absolute Gasteiger partial charge is 0.473 e. The van der Waals surface area contributed by atoms with Crippen molar-refractivity contribution >= 4 is 5.69 Å². The number of anilines is 1. The van der Waals surface area contributed by atoms with Crippen molar-refractivity contribution in [3.8, 4) is 5.88 Å². The first kappa shape index (κ1) is 15.6. The highest BCUT2D eigenvalue weighted by atomic mass is 16.5. The maximum Gasteiger partial charge on any atom is 0.237 e. The molecular formula is C17H28N4O. The molecule has 1 saturated heterocycles. The molecule has 2 N–H and O–H groups in total. The first-order chi connectivity index (χ1) is 10.5. The molecule has 0 amide bonds. The predicted molar refractivity (Wildman–Crippen MR) is 89.0 cm³/mol. The third-order valence-electron chi connectivity index (χ3n) is 4.84. The molecule has 2 aliphatic rings. The molecule has 1 aromatic rings. The number of likely N-dealkylation sites (tertiary alicyclic amines) is 1. The van der Waals surface area contributed by atoms with Gasteiger partial charge in [0.15, 0.2) is 0 Å². The predicted octanol–water partition coefficient (Wildman–Crippen LogP) is 1.90. The molecule has 0 aliphatic carbocycles. The average molecular weight is 304 g/mol. The van der Waals surface area contributed by atoms with Gasteiger partial charge in [0.2, 0.25) is 5.88 Å².